The van der Waals surface area contributed by atoms with Crippen LogP contribution in [0.2, 0.25) is 0 Å². The number of likely N-dealkylation sites (tertiary alicyclic amines) is 1. The average Bonchev–Trinajstić information content (AvgIpc) is 2.70. The molecule has 0 radical (unpaired) electrons. The first kappa shape index (κ1) is 25.9. The standard InChI is InChI=1S/C22H43N3O4/c1-7-17(4)20(23-21(27)19-10-8-9-12-24(19)5)22(28)25(13-15-29-6)18(11-14-26)16(2)3/h16-20,26H,7-15H2,1-6H3,(H,23,27)/t17?,18-,19?,20?/m1/s1. The Labute approximate surface area is 177 Å². The molecule has 2 amide bonds. The van der Waals surface area contributed by atoms with E-state index in [9.17, 15) is 14.7 Å². The van der Waals surface area contributed by atoms with E-state index in [4.69, 9.17) is 4.74 Å². The predicted molar refractivity (Wildman–Crippen MR) is 116 cm³/mol. The molecule has 0 aliphatic carbocycles. The molecule has 3 unspecified atom stereocenters. The number of hydrogen-bond donors (Lipinski definition) is 2. The highest BCUT2D eigenvalue weighted by molar-refractivity contribution is 5.90. The molecule has 7 heteroatoms. The number of methoxy groups -OCH3 is 1. The number of aliphatic hydroxyl groups excluding tert-OH is 1. The summed E-state index contributed by atoms with van der Waals surface area (Å²) in [7, 11) is 3.59. The quantitative estimate of drug-likeness (QED) is 0.511. The molecule has 2 N–H and O–H groups in total. The van der Waals surface area contributed by atoms with Crippen LogP contribution in [0.3, 0.4) is 0 Å². The smallest absolute Gasteiger partial charge is 0.245 e. The van der Waals surface area contributed by atoms with E-state index in [1.807, 2.05) is 25.8 Å². The number of nitrogens with one attached hydrogen (secondary N) is 1. The van der Waals surface area contributed by atoms with E-state index in [2.05, 4.69) is 24.1 Å². The zero-order valence-corrected chi connectivity index (χ0v) is 19.3. The lowest BCUT2D eigenvalue weighted by Gasteiger charge is -2.39. The van der Waals surface area contributed by atoms with Gasteiger partial charge in [0.15, 0.2) is 0 Å². The van der Waals surface area contributed by atoms with E-state index in [1.165, 1.54) is 0 Å². The Morgan fingerprint density at radius 3 is 2.48 bits per heavy atom. The minimum Gasteiger partial charge on any atom is -0.396 e. The summed E-state index contributed by atoms with van der Waals surface area (Å²) in [4.78, 5) is 30.5. The maximum absolute atomic E-state index is 13.6. The summed E-state index contributed by atoms with van der Waals surface area (Å²) in [5.74, 6) is 0.0872. The molecule has 1 aliphatic heterocycles. The van der Waals surface area contributed by atoms with Gasteiger partial charge < -0.3 is 20.1 Å². The fraction of sp³-hybridized carbons (Fsp3) is 0.909. The minimum atomic E-state index is -0.570. The first-order chi connectivity index (χ1) is 13.8. The number of rotatable bonds is 12. The zero-order chi connectivity index (χ0) is 22.0. The van der Waals surface area contributed by atoms with E-state index in [0.717, 1.165) is 32.2 Å². The second kappa shape index (κ2) is 13.2. The van der Waals surface area contributed by atoms with Crippen LogP contribution in [0.4, 0.5) is 0 Å². The summed E-state index contributed by atoms with van der Waals surface area (Å²) >= 11 is 0. The van der Waals surface area contributed by atoms with E-state index < -0.39 is 6.04 Å². The van der Waals surface area contributed by atoms with Crippen LogP contribution >= 0.6 is 0 Å². The average molecular weight is 414 g/mol. The summed E-state index contributed by atoms with van der Waals surface area (Å²) in [5.41, 5.74) is 0. The molecule has 1 saturated heterocycles. The first-order valence-corrected chi connectivity index (χ1v) is 11.2. The number of nitrogens with zero attached hydrogens (tertiary/aromatic N) is 2. The molecule has 0 aromatic heterocycles. The lowest BCUT2D eigenvalue weighted by Crippen LogP contribution is -2.59. The molecular formula is C22H43N3O4. The third-order valence-electron chi connectivity index (χ3n) is 6.26. The number of carbonyl (C=O) groups is 2. The maximum Gasteiger partial charge on any atom is 0.245 e. The highest BCUT2D eigenvalue weighted by atomic mass is 16.5. The molecule has 29 heavy (non-hydrogen) atoms. The molecule has 0 aromatic carbocycles. The summed E-state index contributed by atoms with van der Waals surface area (Å²) in [6.45, 7) is 9.97. The number of piperidine rings is 1. The van der Waals surface area contributed by atoms with Crippen molar-refractivity contribution in [3.05, 3.63) is 0 Å². The largest absolute Gasteiger partial charge is 0.396 e. The highest BCUT2D eigenvalue weighted by Crippen LogP contribution is 2.21. The van der Waals surface area contributed by atoms with Crippen molar-refractivity contribution in [2.75, 3.05) is 40.5 Å². The van der Waals surface area contributed by atoms with Gasteiger partial charge in [-0.2, -0.15) is 0 Å². The lowest BCUT2D eigenvalue weighted by molar-refractivity contribution is -0.143. The third kappa shape index (κ3) is 7.54. The number of hydrogen-bond acceptors (Lipinski definition) is 5. The number of likely N-dealkylation sites (N-methyl/N-ethyl adjacent to an activating group) is 1. The van der Waals surface area contributed by atoms with Gasteiger partial charge in [-0.3, -0.25) is 14.5 Å². The normalized spacial score (nSPS) is 20.9. The SMILES string of the molecule is CCC(C)C(NC(=O)C1CCCCN1C)C(=O)N(CCOC)[C@H](CCO)C(C)C. The molecule has 0 bridgehead atoms. The van der Waals surface area contributed by atoms with Crippen LogP contribution in [0.15, 0.2) is 0 Å². The van der Waals surface area contributed by atoms with Gasteiger partial charge >= 0.3 is 0 Å². The van der Waals surface area contributed by atoms with Crippen LogP contribution in [0.1, 0.15) is 59.8 Å². The summed E-state index contributed by atoms with van der Waals surface area (Å²) in [6, 6.07) is -0.836. The van der Waals surface area contributed by atoms with E-state index in [1.54, 1.807) is 7.11 Å². The highest BCUT2D eigenvalue weighted by Gasteiger charge is 2.36. The van der Waals surface area contributed by atoms with Gasteiger partial charge in [-0.1, -0.05) is 40.5 Å². The van der Waals surface area contributed by atoms with E-state index in [0.29, 0.717) is 19.6 Å². The van der Waals surface area contributed by atoms with Gasteiger partial charge in [0, 0.05) is 26.3 Å². The molecule has 170 valence electrons. The van der Waals surface area contributed by atoms with Gasteiger partial charge in [-0.25, -0.2) is 0 Å². The van der Waals surface area contributed by atoms with Crippen molar-refractivity contribution in [3.63, 3.8) is 0 Å². The zero-order valence-electron chi connectivity index (χ0n) is 19.3. The first-order valence-electron chi connectivity index (χ1n) is 11.2. The Morgan fingerprint density at radius 1 is 1.28 bits per heavy atom. The fourth-order valence-electron chi connectivity index (χ4n) is 4.13. The molecule has 0 aromatic rings. The van der Waals surface area contributed by atoms with Crippen LogP contribution in [0, 0.1) is 11.8 Å². The molecule has 1 heterocycles. The van der Waals surface area contributed by atoms with Crippen molar-refractivity contribution < 1.29 is 19.4 Å². The fourth-order valence-corrected chi connectivity index (χ4v) is 4.13. The monoisotopic (exact) mass is 413 g/mol. The predicted octanol–water partition coefficient (Wildman–Crippen LogP) is 1.88. The lowest BCUT2D eigenvalue weighted by atomic mass is 9.93. The Hall–Kier alpha value is -1.18. The van der Waals surface area contributed by atoms with Crippen LogP contribution in [0.25, 0.3) is 0 Å². The van der Waals surface area contributed by atoms with Crippen molar-refractivity contribution in [1.29, 1.82) is 0 Å². The molecule has 4 atom stereocenters. The van der Waals surface area contributed by atoms with Gasteiger partial charge in [0.25, 0.3) is 0 Å². The van der Waals surface area contributed by atoms with Crippen LogP contribution in [0.5, 0.6) is 0 Å². The molecule has 0 saturated carbocycles. The van der Waals surface area contributed by atoms with E-state index in [-0.39, 0.29) is 42.3 Å². The van der Waals surface area contributed by atoms with Crippen molar-refractivity contribution in [2.24, 2.45) is 11.8 Å². The Kier molecular flexibility index (Phi) is 11.8. The van der Waals surface area contributed by atoms with Gasteiger partial charge in [-0.05, 0) is 44.7 Å². The Balaban J connectivity index is 3.07. The van der Waals surface area contributed by atoms with Crippen molar-refractivity contribution >= 4 is 11.8 Å². The summed E-state index contributed by atoms with van der Waals surface area (Å²) < 4.78 is 5.24. The minimum absolute atomic E-state index is 0.0207. The molecular weight excluding hydrogens is 370 g/mol. The van der Waals surface area contributed by atoms with Crippen LogP contribution in [-0.2, 0) is 14.3 Å². The Bertz CT molecular complexity index is 500. The summed E-state index contributed by atoms with van der Waals surface area (Å²) in [5, 5.41) is 12.6. The molecule has 1 rings (SSSR count). The number of ether oxygens (including phenoxy) is 1. The maximum atomic E-state index is 13.6. The van der Waals surface area contributed by atoms with Gasteiger partial charge in [-0.15, -0.1) is 0 Å². The van der Waals surface area contributed by atoms with Gasteiger partial charge in [0.05, 0.1) is 12.6 Å². The molecule has 1 fully saturated rings. The number of carbonyl (C=O) groups excluding carboxylic acids is 2. The third-order valence-corrected chi connectivity index (χ3v) is 6.26. The van der Waals surface area contributed by atoms with Crippen molar-refractivity contribution in [3.8, 4) is 0 Å². The number of aliphatic hydroxyl groups is 1. The topological polar surface area (TPSA) is 82.1 Å². The van der Waals surface area contributed by atoms with Crippen molar-refractivity contribution in [1.82, 2.24) is 15.1 Å². The van der Waals surface area contributed by atoms with Crippen LogP contribution in [-0.4, -0.2) is 85.3 Å². The molecule has 0 spiro atoms. The molecule has 7 nitrogen and oxygen atoms in total. The Morgan fingerprint density at radius 2 is 1.97 bits per heavy atom. The van der Waals surface area contributed by atoms with Gasteiger partial charge in [0.2, 0.25) is 11.8 Å². The second-order valence-electron chi connectivity index (χ2n) is 8.71. The summed E-state index contributed by atoms with van der Waals surface area (Å²) in [6.07, 6.45) is 4.28. The van der Waals surface area contributed by atoms with Crippen molar-refractivity contribution in [2.45, 2.75) is 77.9 Å². The number of amides is 2. The second-order valence-corrected chi connectivity index (χ2v) is 8.71. The van der Waals surface area contributed by atoms with Crippen LogP contribution < -0.4 is 5.32 Å². The van der Waals surface area contributed by atoms with Gasteiger partial charge in [0.1, 0.15) is 6.04 Å². The van der Waals surface area contributed by atoms with E-state index >= 15 is 0 Å². The molecule has 1 aliphatic rings.